The van der Waals surface area contributed by atoms with Gasteiger partial charge in [-0.1, -0.05) is 0 Å². The predicted molar refractivity (Wildman–Crippen MR) is 65.8 cm³/mol. The number of hydrogen-bond acceptors (Lipinski definition) is 4. The molecule has 0 aromatic rings. The lowest BCUT2D eigenvalue weighted by atomic mass is 9.88. The summed E-state index contributed by atoms with van der Waals surface area (Å²) in [6.45, 7) is 3.01. The highest BCUT2D eigenvalue weighted by atomic mass is 32.2. The number of carboxylic acid groups (broad SMARTS) is 1. The molecule has 1 saturated heterocycles. The lowest BCUT2D eigenvalue weighted by molar-refractivity contribution is -0.152. The highest BCUT2D eigenvalue weighted by Crippen LogP contribution is 2.28. The molecule has 1 aliphatic rings. The van der Waals surface area contributed by atoms with Crippen molar-refractivity contribution in [2.45, 2.75) is 38.1 Å². The largest absolute Gasteiger partial charge is 0.480 e. The standard InChI is InChI=1S/C11H21NO4S/c1-11(10(13)14)6-3-4-7-12(11)8-5-9-17(2,15)16/h3-9H2,1-2H3,(H,13,14). The molecular weight excluding hydrogens is 242 g/mol. The summed E-state index contributed by atoms with van der Waals surface area (Å²) in [6, 6.07) is 0. The van der Waals surface area contributed by atoms with E-state index in [0.717, 1.165) is 19.4 Å². The second-order valence-corrected chi connectivity index (χ2v) is 7.27. The van der Waals surface area contributed by atoms with E-state index in [-0.39, 0.29) is 5.75 Å². The summed E-state index contributed by atoms with van der Waals surface area (Å²) < 4.78 is 22.1. The summed E-state index contributed by atoms with van der Waals surface area (Å²) in [6.07, 6.45) is 4.26. The molecular formula is C11H21NO4S. The average molecular weight is 263 g/mol. The maximum Gasteiger partial charge on any atom is 0.323 e. The summed E-state index contributed by atoms with van der Waals surface area (Å²) >= 11 is 0. The number of rotatable bonds is 5. The van der Waals surface area contributed by atoms with Gasteiger partial charge in [0.25, 0.3) is 0 Å². The van der Waals surface area contributed by atoms with Gasteiger partial charge in [0.05, 0.1) is 5.75 Å². The van der Waals surface area contributed by atoms with Gasteiger partial charge in [-0.15, -0.1) is 0 Å². The monoisotopic (exact) mass is 263 g/mol. The molecule has 0 saturated carbocycles. The van der Waals surface area contributed by atoms with E-state index in [0.29, 0.717) is 19.4 Å². The van der Waals surface area contributed by atoms with Gasteiger partial charge in [-0.25, -0.2) is 8.42 Å². The van der Waals surface area contributed by atoms with Crippen LogP contribution in [-0.4, -0.2) is 55.0 Å². The number of sulfone groups is 1. The Kier molecular flexibility index (Phi) is 4.55. The zero-order chi connectivity index (χ0) is 13.1. The van der Waals surface area contributed by atoms with Crippen molar-refractivity contribution < 1.29 is 18.3 Å². The Morgan fingerprint density at radius 2 is 2.06 bits per heavy atom. The molecule has 5 nitrogen and oxygen atoms in total. The molecule has 0 spiro atoms. The van der Waals surface area contributed by atoms with Crippen LogP contribution < -0.4 is 0 Å². The molecule has 17 heavy (non-hydrogen) atoms. The summed E-state index contributed by atoms with van der Waals surface area (Å²) in [5.41, 5.74) is -0.824. The fourth-order valence-electron chi connectivity index (χ4n) is 2.30. The maximum absolute atomic E-state index is 11.3. The van der Waals surface area contributed by atoms with E-state index < -0.39 is 21.3 Å². The number of aliphatic carboxylic acids is 1. The normalized spacial score (nSPS) is 26.9. The molecule has 1 aliphatic heterocycles. The van der Waals surface area contributed by atoms with Crippen molar-refractivity contribution in [3.8, 4) is 0 Å². The van der Waals surface area contributed by atoms with Crippen LogP contribution in [0.15, 0.2) is 0 Å². The van der Waals surface area contributed by atoms with Gasteiger partial charge in [0.1, 0.15) is 15.4 Å². The SMILES string of the molecule is CC1(C(=O)O)CCCCN1CCCS(C)(=O)=O. The summed E-state index contributed by atoms with van der Waals surface area (Å²) in [5.74, 6) is -0.685. The van der Waals surface area contributed by atoms with E-state index in [9.17, 15) is 18.3 Å². The molecule has 0 radical (unpaired) electrons. The van der Waals surface area contributed by atoms with Crippen LogP contribution in [0.3, 0.4) is 0 Å². The van der Waals surface area contributed by atoms with Crippen molar-refractivity contribution in [3.63, 3.8) is 0 Å². The lowest BCUT2D eigenvalue weighted by Crippen LogP contribution is -2.55. The number of carboxylic acids is 1. The van der Waals surface area contributed by atoms with Gasteiger partial charge in [0.15, 0.2) is 0 Å². The zero-order valence-electron chi connectivity index (χ0n) is 10.5. The van der Waals surface area contributed by atoms with E-state index in [1.807, 2.05) is 4.90 Å². The van der Waals surface area contributed by atoms with Crippen LogP contribution in [0.5, 0.6) is 0 Å². The van der Waals surface area contributed by atoms with E-state index >= 15 is 0 Å². The van der Waals surface area contributed by atoms with Crippen molar-refractivity contribution in [2.24, 2.45) is 0 Å². The van der Waals surface area contributed by atoms with E-state index in [4.69, 9.17) is 0 Å². The summed E-state index contributed by atoms with van der Waals surface area (Å²) in [7, 11) is -2.96. The fraction of sp³-hybridized carbons (Fsp3) is 0.909. The van der Waals surface area contributed by atoms with Crippen LogP contribution in [0, 0.1) is 0 Å². The third-order valence-electron chi connectivity index (χ3n) is 3.44. The Morgan fingerprint density at radius 1 is 1.41 bits per heavy atom. The Bertz CT molecular complexity index is 379. The molecule has 1 unspecified atom stereocenters. The van der Waals surface area contributed by atoms with Gasteiger partial charge in [-0.05, 0) is 39.2 Å². The highest BCUT2D eigenvalue weighted by molar-refractivity contribution is 7.90. The topological polar surface area (TPSA) is 74.7 Å². The van der Waals surface area contributed by atoms with Gasteiger partial charge >= 0.3 is 5.97 Å². The van der Waals surface area contributed by atoms with Gasteiger partial charge < -0.3 is 5.11 Å². The number of likely N-dealkylation sites (tertiary alicyclic amines) is 1. The highest BCUT2D eigenvalue weighted by Gasteiger charge is 2.40. The number of piperidine rings is 1. The number of hydrogen-bond donors (Lipinski definition) is 1. The van der Waals surface area contributed by atoms with Crippen LogP contribution >= 0.6 is 0 Å². The van der Waals surface area contributed by atoms with Gasteiger partial charge in [-0.3, -0.25) is 9.69 Å². The molecule has 1 rings (SSSR count). The van der Waals surface area contributed by atoms with Gasteiger partial charge in [-0.2, -0.15) is 0 Å². The number of nitrogens with zero attached hydrogens (tertiary/aromatic N) is 1. The Morgan fingerprint density at radius 3 is 2.59 bits per heavy atom. The van der Waals surface area contributed by atoms with E-state index in [1.54, 1.807) is 6.92 Å². The van der Waals surface area contributed by atoms with Crippen LogP contribution in [0.1, 0.15) is 32.6 Å². The molecule has 0 aliphatic carbocycles. The Labute approximate surface area is 103 Å². The first-order valence-electron chi connectivity index (χ1n) is 5.92. The zero-order valence-corrected chi connectivity index (χ0v) is 11.3. The first kappa shape index (κ1) is 14.4. The van der Waals surface area contributed by atoms with Crippen molar-refractivity contribution in [3.05, 3.63) is 0 Å². The minimum Gasteiger partial charge on any atom is -0.480 e. The minimum atomic E-state index is -2.96. The van der Waals surface area contributed by atoms with E-state index in [2.05, 4.69) is 0 Å². The Hall–Kier alpha value is -0.620. The molecule has 1 atom stereocenters. The van der Waals surface area contributed by atoms with Crippen LogP contribution in [-0.2, 0) is 14.6 Å². The molecule has 0 aromatic heterocycles. The molecule has 1 heterocycles. The first-order chi connectivity index (χ1) is 7.76. The molecule has 6 heteroatoms. The van der Waals surface area contributed by atoms with Gasteiger partial charge in [0.2, 0.25) is 0 Å². The molecule has 0 bridgehead atoms. The third kappa shape index (κ3) is 3.96. The predicted octanol–water partition coefficient (Wildman–Crippen LogP) is 0.750. The minimum absolute atomic E-state index is 0.124. The molecule has 0 amide bonds. The third-order valence-corrected chi connectivity index (χ3v) is 4.47. The van der Waals surface area contributed by atoms with Crippen molar-refractivity contribution in [1.82, 2.24) is 4.90 Å². The second kappa shape index (κ2) is 5.35. The smallest absolute Gasteiger partial charge is 0.323 e. The number of carbonyl (C=O) groups is 1. The molecule has 1 N–H and O–H groups in total. The van der Waals surface area contributed by atoms with Crippen molar-refractivity contribution >= 4 is 15.8 Å². The molecule has 0 aromatic carbocycles. The summed E-state index contributed by atoms with van der Waals surface area (Å²) in [4.78, 5) is 13.2. The first-order valence-corrected chi connectivity index (χ1v) is 7.98. The van der Waals surface area contributed by atoms with E-state index in [1.165, 1.54) is 6.26 Å². The molecule has 100 valence electrons. The Balaban J connectivity index is 2.58. The quantitative estimate of drug-likeness (QED) is 0.792. The summed E-state index contributed by atoms with van der Waals surface area (Å²) in [5, 5.41) is 9.27. The van der Waals surface area contributed by atoms with Crippen molar-refractivity contribution in [2.75, 3.05) is 25.1 Å². The van der Waals surface area contributed by atoms with Crippen molar-refractivity contribution in [1.29, 1.82) is 0 Å². The maximum atomic E-state index is 11.3. The average Bonchev–Trinajstić information content (AvgIpc) is 2.19. The lowest BCUT2D eigenvalue weighted by Gasteiger charge is -2.41. The van der Waals surface area contributed by atoms with Crippen LogP contribution in [0.25, 0.3) is 0 Å². The fourth-order valence-corrected chi connectivity index (χ4v) is 2.95. The molecule has 1 fully saturated rings. The second-order valence-electron chi connectivity index (χ2n) is 5.01. The van der Waals surface area contributed by atoms with Crippen LogP contribution in [0.4, 0.5) is 0 Å². The van der Waals surface area contributed by atoms with Gasteiger partial charge in [0, 0.05) is 12.8 Å². The van der Waals surface area contributed by atoms with Crippen LogP contribution in [0.2, 0.25) is 0 Å².